The average molecular weight is 1440 g/mol. The number of carbonyl (C=O) groups is 2. The second-order valence-corrected chi connectivity index (χ2v) is 17.9. The Labute approximate surface area is 558 Å². The first-order valence-corrected chi connectivity index (χ1v) is 30.1. The lowest BCUT2D eigenvalue weighted by atomic mass is 10.3. The third-order valence-corrected chi connectivity index (χ3v) is 10.7. The van der Waals surface area contributed by atoms with Gasteiger partial charge in [-0.05, 0) is 60.6 Å². The average Bonchev–Trinajstić information content (AvgIpc) is 1.69. The number of aromatic carboxylic acids is 1. The summed E-state index contributed by atoms with van der Waals surface area (Å²) in [5.74, 6) is 27.9. The number of carbonyl (C=O) groups excluding carboxylic acids is 1. The number of nitrogens with two attached hydrogens (primary N) is 8. The molecule has 9 heterocycles. The molecule has 0 unspecified atom stereocenters. The first kappa shape index (κ1) is 89.9. The molecule has 9 aromatic heterocycles. The number of H-pyrrole nitrogens is 1. The molecule has 0 atom stereocenters. The summed E-state index contributed by atoms with van der Waals surface area (Å²) in [6.45, 7) is 20.0. The third-order valence-electron chi connectivity index (χ3n) is 10.2. The Kier molecular flexibility index (Phi) is 49.4. The molecule has 21 N–H and O–H groups in total. The summed E-state index contributed by atoms with van der Waals surface area (Å²) in [4.78, 5) is 35.8. The summed E-state index contributed by atoms with van der Waals surface area (Å²) >= 11 is 3.27. The zero-order chi connectivity index (χ0) is 70.3. The molecule has 0 spiro atoms. The number of anilines is 2. The van der Waals surface area contributed by atoms with Gasteiger partial charge in [0.05, 0.1) is 62.1 Å². The number of aromatic amines is 1. The second kappa shape index (κ2) is 52.1. The lowest BCUT2D eigenvalue weighted by molar-refractivity contribution is -0.144. The van der Waals surface area contributed by atoms with E-state index >= 15 is 0 Å². The molecule has 0 bridgehead atoms. The van der Waals surface area contributed by atoms with Crippen LogP contribution in [0.1, 0.15) is 82.0 Å². The van der Waals surface area contributed by atoms with Gasteiger partial charge in [-0.3, -0.25) is 36.7 Å². The highest BCUT2D eigenvalue weighted by atomic mass is 79.9. The minimum atomic E-state index is -4.67. The fraction of sp³-hybridized carbons (Fsp3) is 0.462. The zero-order valence-corrected chi connectivity index (χ0v) is 54.9. The third kappa shape index (κ3) is 35.0. The highest BCUT2D eigenvalue weighted by molar-refractivity contribution is 9.09. The normalized spacial score (nSPS) is 10.3. The van der Waals surface area contributed by atoms with Crippen molar-refractivity contribution in [3.05, 3.63) is 115 Å². The van der Waals surface area contributed by atoms with E-state index in [0.29, 0.717) is 64.1 Å². The minimum Gasteiger partial charge on any atom is -0.500 e. The molecule has 95 heavy (non-hydrogen) atoms. The number of rotatable bonds is 23. The predicted molar refractivity (Wildman–Crippen MR) is 360 cm³/mol. The van der Waals surface area contributed by atoms with E-state index in [1.807, 2.05) is 70.6 Å². The Morgan fingerprint density at radius 3 is 1.71 bits per heavy atom. The van der Waals surface area contributed by atoms with Gasteiger partial charge in [0.1, 0.15) is 23.7 Å². The van der Waals surface area contributed by atoms with Crippen LogP contribution in [0.4, 0.5) is 17.2 Å². The van der Waals surface area contributed by atoms with Crippen molar-refractivity contribution in [2.24, 2.45) is 22.7 Å². The summed E-state index contributed by atoms with van der Waals surface area (Å²) in [5.41, 5.74) is 17.5. The topological polar surface area (TPSA) is 594 Å². The molecule has 538 valence electrons. The van der Waals surface area contributed by atoms with E-state index in [1.165, 1.54) is 35.6 Å². The highest BCUT2D eigenvalue weighted by Gasteiger charge is 2.18. The number of fused-ring (bicyclic) bond motifs is 4. The number of hydrogen-bond donors (Lipinski definition) is 13. The van der Waals surface area contributed by atoms with Crippen molar-refractivity contribution in [2.75, 3.05) is 93.7 Å². The number of nitrogen functional groups attached to an aromatic ring is 5. The minimum absolute atomic E-state index is 0. The van der Waals surface area contributed by atoms with Crippen molar-refractivity contribution < 1.29 is 71.5 Å². The van der Waals surface area contributed by atoms with E-state index in [9.17, 15) is 14.5 Å². The number of carboxylic acid groups (broad SMARTS) is 1. The lowest BCUT2D eigenvalue weighted by Gasteiger charge is -2.17. The van der Waals surface area contributed by atoms with Gasteiger partial charge < -0.3 is 77.1 Å². The number of imidazole rings is 4. The van der Waals surface area contributed by atoms with Crippen molar-refractivity contribution in [1.29, 1.82) is 5.26 Å². The van der Waals surface area contributed by atoms with Gasteiger partial charge in [-0.25, -0.2) is 46.7 Å². The molecule has 9 aromatic rings. The van der Waals surface area contributed by atoms with Crippen molar-refractivity contribution in [2.45, 2.75) is 95.7 Å². The van der Waals surface area contributed by atoms with E-state index in [2.05, 4.69) is 73.4 Å². The predicted octanol–water partition coefficient (Wildman–Crippen LogP) is 3.06. The highest BCUT2D eigenvalue weighted by Crippen LogP contribution is 2.18. The number of nitrogens with one attached hydrogen (secondary N) is 2. The molecule has 0 aliphatic carbocycles. The molecule has 0 aliphatic rings. The molecule has 0 saturated heterocycles. The number of carboxylic acids is 1. The van der Waals surface area contributed by atoms with Crippen molar-refractivity contribution >= 4 is 78.0 Å². The quantitative estimate of drug-likeness (QED) is 0.00418. The number of alkyl halides is 1. The van der Waals surface area contributed by atoms with Gasteiger partial charge in [0, 0.05) is 109 Å². The number of nitriles is 1. The summed E-state index contributed by atoms with van der Waals surface area (Å²) in [6.07, 6.45) is 21.9. The van der Waals surface area contributed by atoms with Crippen LogP contribution in [0, 0.1) is 16.2 Å². The van der Waals surface area contributed by atoms with Crippen molar-refractivity contribution in [1.82, 2.24) is 72.7 Å². The first-order valence-electron chi connectivity index (χ1n) is 27.6. The van der Waals surface area contributed by atoms with Crippen LogP contribution in [0.15, 0.2) is 110 Å². The van der Waals surface area contributed by atoms with E-state index in [4.69, 9.17) is 95.9 Å². The maximum atomic E-state index is 10.9. The van der Waals surface area contributed by atoms with Crippen molar-refractivity contribution in [3.63, 3.8) is 0 Å². The van der Waals surface area contributed by atoms with Crippen LogP contribution in [-0.2, 0) is 59.6 Å². The molecule has 9 rings (SSSR count). The summed E-state index contributed by atoms with van der Waals surface area (Å²) in [5, 5.41) is 39.3. The number of hydrazine groups is 2. The molecule has 0 fully saturated rings. The fourth-order valence-corrected chi connectivity index (χ4v) is 6.89. The largest absolute Gasteiger partial charge is 0.500 e. The Morgan fingerprint density at radius 2 is 1.24 bits per heavy atom. The number of nitroso groups, excluding NO2 is 1. The number of aromatic nitrogens is 14. The number of ether oxygens (including phenoxy) is 8. The zero-order valence-electron chi connectivity index (χ0n) is 52.5. The summed E-state index contributed by atoms with van der Waals surface area (Å²) in [7, 11) is -4.67. The first-order chi connectivity index (χ1) is 44.5. The molecule has 0 aromatic carbocycles. The standard InChI is InChI=1S/C10H17N3O4.C8H11NO3.C6H13BrO2.C6H16N2O2.C5H5N5O.C5H7N5.C5H6N4.C5H5N3.2CH4.H4N2.H2O4S.H2/c1-3-16-8(17-4-2)6-13-9(11)7(5-12-13)10(14)15;1-3-11-6-7(5-9)8(10)12-4-2;1-3-8-6(5-7)9-4-2;1-3-9-6(5-8-7)10-4-2;6-9-1-2-10-5(9)4(8-11)3-7-10;6-4-3-8-10-2-1-9(7)5(4)10;6-8-3-4-9-5(8)1-2-7-9;1-2-7-8-4-3-6-5(1)8;;;1-2;1-5(2,3)4;/h5,8H,3-4,6,11H2,1-2H3,(H,14,15);6H,3-4H2,1-2H3;6H,3-5H2,1-2H3;6,8H,3-5,7H2,1-2H3;1-3H,6H2;1-3H,6-7H2;1-4H,6H2;1-4,7H;2*1H4;1-2H2;(H2,1,2,3,4);1H/b;7-6-;;;;;;;;;;;. The Hall–Kier alpha value is -9.27. The molecule has 0 aliphatic heterocycles. The molecular formula is C52H96BrN25O16S. The van der Waals surface area contributed by atoms with Crippen LogP contribution in [0.3, 0.4) is 0 Å². The van der Waals surface area contributed by atoms with Crippen LogP contribution >= 0.6 is 15.9 Å². The van der Waals surface area contributed by atoms with Gasteiger partial charge in [-0.1, -0.05) is 30.8 Å². The van der Waals surface area contributed by atoms with Crippen LogP contribution in [0.5, 0.6) is 0 Å². The Morgan fingerprint density at radius 1 is 0.726 bits per heavy atom. The monoisotopic (exact) mass is 1440 g/mol. The number of halogens is 1. The van der Waals surface area contributed by atoms with E-state index in [1.54, 1.807) is 84.7 Å². The van der Waals surface area contributed by atoms with Gasteiger partial charge in [0.2, 0.25) is 0 Å². The molecule has 0 saturated carbocycles. The van der Waals surface area contributed by atoms with E-state index in [-0.39, 0.29) is 64.7 Å². The number of nitrogens with zero attached hydrogens (tertiary/aromatic N) is 15. The lowest BCUT2D eigenvalue weighted by Crippen LogP contribution is -2.35. The number of esters is 1. The molecule has 0 amide bonds. The summed E-state index contributed by atoms with van der Waals surface area (Å²) in [6, 6.07) is 5.45. The van der Waals surface area contributed by atoms with Crippen molar-refractivity contribution in [3.8, 4) is 6.07 Å². The molecule has 43 heteroatoms. The van der Waals surface area contributed by atoms with Crippen LogP contribution in [0.25, 0.3) is 22.6 Å². The molecule has 41 nitrogen and oxygen atoms in total. The Balaban J connectivity index is -0.000000498. The molecule has 0 radical (unpaired) electrons. The second-order valence-electron chi connectivity index (χ2n) is 16.4. The van der Waals surface area contributed by atoms with E-state index < -0.39 is 28.6 Å². The maximum absolute atomic E-state index is 10.9. The van der Waals surface area contributed by atoms with Gasteiger partial charge in [-0.15, -0.1) is 4.91 Å². The van der Waals surface area contributed by atoms with Gasteiger partial charge >= 0.3 is 22.3 Å². The molecular weight excluding hydrogens is 1340 g/mol. The smallest absolute Gasteiger partial charge is 0.394 e. The van der Waals surface area contributed by atoms with Gasteiger partial charge in [0.25, 0.3) is 0 Å². The van der Waals surface area contributed by atoms with Crippen LogP contribution in [0.2, 0.25) is 0 Å². The van der Waals surface area contributed by atoms with Gasteiger partial charge in [-0.2, -0.15) is 34.1 Å². The summed E-state index contributed by atoms with van der Waals surface area (Å²) < 4.78 is 84.5. The van der Waals surface area contributed by atoms with Crippen LogP contribution < -0.4 is 51.9 Å². The SMILES string of the molecule is C.C.CCO/C=C(/C#N)C(=O)OCC.CCOC(CBr)OCC.CCOC(CNN)OCC.CCOC(Cn1ncc(C(=O)O)c1N)OCC.NN.Nc1cnn2ccn(N)c12.Nn1ccn2ncc(N=O)c12.Nn1ccn2nccc12.O=S(=O)(O)O.[HH].c1cn2[nH]ccc2n1. The van der Waals surface area contributed by atoms with Gasteiger partial charge in [0.15, 0.2) is 52.7 Å². The van der Waals surface area contributed by atoms with E-state index in [0.717, 1.165) is 28.5 Å². The Bertz CT molecular complexity index is 3490. The fourth-order valence-electron chi connectivity index (χ4n) is 6.52. The number of hydrogen-bond acceptors (Lipinski definition) is 29. The maximum Gasteiger partial charge on any atom is 0.394 e. The van der Waals surface area contributed by atoms with Crippen LogP contribution in [-0.4, -0.2) is 185 Å².